The summed E-state index contributed by atoms with van der Waals surface area (Å²) in [7, 11) is 0. The first-order chi connectivity index (χ1) is 7.28. The van der Waals surface area contributed by atoms with Crippen molar-refractivity contribution < 1.29 is 21.5 Å². The van der Waals surface area contributed by atoms with Crippen molar-refractivity contribution in [1.29, 1.82) is 0 Å². The number of fused-ring (bicyclic) bond motifs is 3. The van der Waals surface area contributed by atoms with Crippen LogP contribution in [0.25, 0.3) is 0 Å². The standard InChI is InChI=1S/C8H10BrIN4S.BrH/c9-1-6-4-13-7-11-2-5(10)3-14(7)12-8(13)15-6;/h5-6H,1-4H2;1H. The minimum atomic E-state index is 0. The van der Waals surface area contributed by atoms with Gasteiger partial charge in [-0.1, -0.05) is 50.3 Å². The fourth-order valence-electron chi connectivity index (χ4n) is 1.92. The van der Waals surface area contributed by atoms with Gasteiger partial charge in [0.05, 0.1) is 22.3 Å². The Balaban J connectivity index is 0.000000963. The summed E-state index contributed by atoms with van der Waals surface area (Å²) in [5, 5.41) is 10.9. The van der Waals surface area contributed by atoms with Crippen LogP contribution in [0.15, 0.2) is 5.16 Å². The van der Waals surface area contributed by atoms with Crippen LogP contribution in [-0.2, 0) is 13.1 Å². The molecule has 0 fully saturated rings. The second kappa shape index (κ2) is 5.31. The fraction of sp³-hybridized carbons (Fsp3) is 0.750. The smallest absolute Gasteiger partial charge is 0.345 e. The van der Waals surface area contributed by atoms with Crippen LogP contribution in [0.3, 0.4) is 0 Å². The van der Waals surface area contributed by atoms with E-state index in [1.165, 1.54) is 5.95 Å². The number of hydrogen-bond donors (Lipinski definition) is 1. The number of alkyl halides is 2. The molecule has 90 valence electrons. The van der Waals surface area contributed by atoms with E-state index in [-0.39, 0.29) is 17.0 Å². The van der Waals surface area contributed by atoms with Crippen LogP contribution < -0.4 is 26.9 Å². The van der Waals surface area contributed by atoms with Gasteiger partial charge in [-0.05, 0) is 0 Å². The van der Waals surface area contributed by atoms with Gasteiger partial charge in [0.2, 0.25) is 0 Å². The first kappa shape index (κ1) is 13.4. The van der Waals surface area contributed by atoms with E-state index < -0.39 is 0 Å². The SMILES string of the molecule is BrCC1C[n+]2c(nn3c2NCC(I)C3)S1.[Br-]. The van der Waals surface area contributed by atoms with Gasteiger partial charge in [0.1, 0.15) is 6.54 Å². The van der Waals surface area contributed by atoms with Crippen LogP contribution in [-0.4, -0.2) is 30.8 Å². The molecule has 4 nitrogen and oxygen atoms in total. The molecule has 1 aromatic heterocycles. The second-order valence-electron chi connectivity index (χ2n) is 3.77. The molecular weight excluding hydrogens is 471 g/mol. The first-order valence-electron chi connectivity index (χ1n) is 4.89. The van der Waals surface area contributed by atoms with E-state index >= 15 is 0 Å². The molecule has 3 rings (SSSR count). The molecule has 0 saturated heterocycles. The van der Waals surface area contributed by atoms with Crippen molar-refractivity contribution >= 4 is 56.2 Å². The summed E-state index contributed by atoms with van der Waals surface area (Å²) >= 11 is 7.88. The number of halogens is 3. The fourth-order valence-corrected chi connectivity index (χ4v) is 4.14. The van der Waals surface area contributed by atoms with Gasteiger partial charge in [0.15, 0.2) is 0 Å². The quantitative estimate of drug-likeness (QED) is 0.294. The van der Waals surface area contributed by atoms with Crippen molar-refractivity contribution in [1.82, 2.24) is 9.78 Å². The maximum atomic E-state index is 4.63. The van der Waals surface area contributed by atoms with Crippen LogP contribution in [0.2, 0.25) is 0 Å². The van der Waals surface area contributed by atoms with Gasteiger partial charge in [-0.2, -0.15) is 0 Å². The van der Waals surface area contributed by atoms with Crippen LogP contribution in [0.5, 0.6) is 0 Å². The molecule has 2 aliphatic heterocycles. The van der Waals surface area contributed by atoms with Gasteiger partial charge < -0.3 is 17.0 Å². The van der Waals surface area contributed by atoms with Gasteiger partial charge in [0, 0.05) is 10.4 Å². The minimum absolute atomic E-state index is 0. The molecule has 0 radical (unpaired) electrons. The maximum absolute atomic E-state index is 4.63. The van der Waals surface area contributed by atoms with Gasteiger partial charge in [-0.25, -0.2) is 4.57 Å². The Labute approximate surface area is 131 Å². The second-order valence-corrected chi connectivity index (χ2v) is 7.45. The number of anilines is 1. The Kier molecular flexibility index (Phi) is 4.45. The summed E-state index contributed by atoms with van der Waals surface area (Å²) in [4.78, 5) is 0. The number of nitrogens with one attached hydrogen (secondary N) is 1. The van der Waals surface area contributed by atoms with Crippen LogP contribution in [0.4, 0.5) is 5.95 Å². The molecule has 0 spiro atoms. The maximum Gasteiger partial charge on any atom is 0.345 e. The molecule has 0 aliphatic carbocycles. The van der Waals surface area contributed by atoms with Crippen LogP contribution >= 0.6 is 50.3 Å². The lowest BCUT2D eigenvalue weighted by molar-refractivity contribution is -0.713. The molecule has 0 saturated carbocycles. The molecule has 3 heterocycles. The highest BCUT2D eigenvalue weighted by Crippen LogP contribution is 2.29. The zero-order valence-corrected chi connectivity index (χ0v) is 14.5. The van der Waals surface area contributed by atoms with Gasteiger partial charge in [-0.3, -0.25) is 5.32 Å². The summed E-state index contributed by atoms with van der Waals surface area (Å²) in [5.41, 5.74) is 0. The number of aromatic nitrogens is 3. The van der Waals surface area contributed by atoms with E-state index in [9.17, 15) is 0 Å². The predicted octanol–water partition coefficient (Wildman–Crippen LogP) is -1.73. The van der Waals surface area contributed by atoms with Crippen LogP contribution in [0.1, 0.15) is 0 Å². The summed E-state index contributed by atoms with van der Waals surface area (Å²) in [6.45, 7) is 3.15. The van der Waals surface area contributed by atoms with Gasteiger partial charge in [-0.15, -0.1) is 4.68 Å². The summed E-state index contributed by atoms with van der Waals surface area (Å²) < 4.78 is 5.06. The van der Waals surface area contributed by atoms with E-state index in [0.717, 1.165) is 30.1 Å². The monoisotopic (exact) mass is 480 g/mol. The minimum Gasteiger partial charge on any atom is -1.00 e. The van der Waals surface area contributed by atoms with E-state index in [0.29, 0.717) is 9.17 Å². The van der Waals surface area contributed by atoms with E-state index in [2.05, 4.69) is 58.2 Å². The molecular formula is C8H11Br2IN4S. The Morgan fingerprint density at radius 3 is 3.25 bits per heavy atom. The van der Waals surface area contributed by atoms with E-state index in [1.54, 1.807) is 0 Å². The molecule has 2 aliphatic rings. The average Bonchev–Trinajstić information content (AvgIpc) is 2.73. The molecule has 0 bridgehead atoms. The average molecular weight is 482 g/mol. The Morgan fingerprint density at radius 2 is 2.50 bits per heavy atom. The zero-order valence-electron chi connectivity index (χ0n) is 8.37. The van der Waals surface area contributed by atoms with Crippen molar-refractivity contribution in [2.75, 3.05) is 17.2 Å². The lowest BCUT2D eigenvalue weighted by Crippen LogP contribution is -3.00. The zero-order chi connectivity index (χ0) is 10.4. The lowest BCUT2D eigenvalue weighted by Gasteiger charge is -2.14. The highest BCUT2D eigenvalue weighted by molar-refractivity contribution is 14.1. The largest absolute Gasteiger partial charge is 1.00 e. The van der Waals surface area contributed by atoms with E-state index in [1.807, 2.05) is 11.8 Å². The summed E-state index contributed by atoms with van der Waals surface area (Å²) in [5.74, 6) is 1.19. The number of nitrogens with zero attached hydrogens (tertiary/aromatic N) is 3. The topological polar surface area (TPSA) is 33.7 Å². The molecule has 0 aromatic carbocycles. The predicted molar refractivity (Wildman–Crippen MR) is 72.2 cm³/mol. The van der Waals surface area contributed by atoms with Gasteiger partial charge in [0.25, 0.3) is 0 Å². The molecule has 0 amide bonds. The third-order valence-corrected chi connectivity index (χ3v) is 5.83. The Morgan fingerprint density at radius 1 is 1.69 bits per heavy atom. The first-order valence-corrected chi connectivity index (χ1v) is 8.14. The summed E-state index contributed by atoms with van der Waals surface area (Å²) in [6, 6.07) is 0. The van der Waals surface area contributed by atoms with Crippen molar-refractivity contribution in [2.24, 2.45) is 0 Å². The number of hydrogen-bond acceptors (Lipinski definition) is 3. The lowest BCUT2D eigenvalue weighted by atomic mass is 10.4. The van der Waals surface area contributed by atoms with Crippen LogP contribution in [0, 0.1) is 0 Å². The molecule has 2 unspecified atom stereocenters. The number of thioether (sulfide) groups is 1. The molecule has 16 heavy (non-hydrogen) atoms. The van der Waals surface area contributed by atoms with Crippen molar-refractivity contribution in [3.63, 3.8) is 0 Å². The summed E-state index contributed by atoms with van der Waals surface area (Å²) in [6.07, 6.45) is 0. The van der Waals surface area contributed by atoms with Crippen molar-refractivity contribution in [3.8, 4) is 0 Å². The molecule has 1 aromatic rings. The Bertz CT molecular complexity index is 400. The number of rotatable bonds is 1. The van der Waals surface area contributed by atoms with Gasteiger partial charge >= 0.3 is 11.1 Å². The highest BCUT2D eigenvalue weighted by Gasteiger charge is 2.36. The van der Waals surface area contributed by atoms with Crippen molar-refractivity contribution in [2.45, 2.75) is 27.4 Å². The third kappa shape index (κ3) is 2.26. The molecule has 1 N–H and O–H groups in total. The van der Waals surface area contributed by atoms with Crippen molar-refractivity contribution in [3.05, 3.63) is 0 Å². The molecule has 2 atom stereocenters. The third-order valence-electron chi connectivity index (χ3n) is 2.62. The highest BCUT2D eigenvalue weighted by atomic mass is 127. The molecule has 8 heteroatoms. The Hall–Kier alpha value is 0.980. The normalized spacial score (nSPS) is 26.6. The van der Waals surface area contributed by atoms with E-state index in [4.69, 9.17) is 0 Å².